The van der Waals surface area contributed by atoms with Crippen LogP contribution in [0.5, 0.6) is 0 Å². The van der Waals surface area contributed by atoms with E-state index in [1.807, 2.05) is 30.0 Å². The summed E-state index contributed by atoms with van der Waals surface area (Å²) < 4.78 is 5.81. The zero-order chi connectivity index (χ0) is 12.4. The van der Waals surface area contributed by atoms with Gasteiger partial charge in [0.1, 0.15) is 11.3 Å². The number of fused-ring (bicyclic) bond motifs is 1. The molecular formula is C15H19NOS. The molecule has 2 nitrogen and oxygen atoms in total. The fourth-order valence-corrected chi connectivity index (χ4v) is 3.87. The van der Waals surface area contributed by atoms with E-state index in [4.69, 9.17) is 10.2 Å². The fraction of sp³-hybridized carbons (Fsp3) is 0.467. The molecule has 3 heteroatoms. The van der Waals surface area contributed by atoms with Crippen LogP contribution in [0.1, 0.15) is 37.5 Å². The first kappa shape index (κ1) is 12.1. The minimum Gasteiger partial charge on any atom is -0.459 e. The monoisotopic (exact) mass is 261 g/mol. The molecule has 0 aliphatic heterocycles. The normalized spacial score (nSPS) is 18.5. The minimum absolute atomic E-state index is 0.0167. The third kappa shape index (κ3) is 2.57. The Labute approximate surface area is 112 Å². The maximum atomic E-state index is 6.22. The van der Waals surface area contributed by atoms with E-state index < -0.39 is 0 Å². The highest BCUT2D eigenvalue weighted by molar-refractivity contribution is 7.99. The third-order valence-electron chi connectivity index (χ3n) is 3.62. The van der Waals surface area contributed by atoms with E-state index in [0.29, 0.717) is 0 Å². The van der Waals surface area contributed by atoms with Crippen molar-refractivity contribution in [1.29, 1.82) is 0 Å². The van der Waals surface area contributed by atoms with E-state index in [2.05, 4.69) is 12.1 Å². The Morgan fingerprint density at radius 2 is 2.06 bits per heavy atom. The van der Waals surface area contributed by atoms with Gasteiger partial charge in [-0.25, -0.2) is 0 Å². The summed E-state index contributed by atoms with van der Waals surface area (Å²) in [6.07, 6.45) is 5.49. The molecule has 18 heavy (non-hydrogen) atoms. The average molecular weight is 261 g/mol. The highest BCUT2D eigenvalue weighted by atomic mass is 32.2. The molecule has 1 saturated carbocycles. The summed E-state index contributed by atoms with van der Waals surface area (Å²) in [5.41, 5.74) is 7.16. The summed E-state index contributed by atoms with van der Waals surface area (Å²) in [6.45, 7) is 0. The number of furan rings is 1. The van der Waals surface area contributed by atoms with Crippen LogP contribution in [0.2, 0.25) is 0 Å². The summed E-state index contributed by atoms with van der Waals surface area (Å²) in [5.74, 6) is 1.88. The number of nitrogens with two attached hydrogens (primary N) is 1. The number of thioether (sulfide) groups is 1. The molecule has 1 fully saturated rings. The van der Waals surface area contributed by atoms with Crippen LogP contribution in [-0.2, 0) is 0 Å². The lowest BCUT2D eigenvalue weighted by Gasteiger charge is -2.12. The second-order valence-corrected chi connectivity index (χ2v) is 6.37. The maximum Gasteiger partial charge on any atom is 0.134 e. The van der Waals surface area contributed by atoms with Crippen LogP contribution >= 0.6 is 11.8 Å². The van der Waals surface area contributed by atoms with E-state index in [9.17, 15) is 0 Å². The van der Waals surface area contributed by atoms with Gasteiger partial charge in [0.05, 0.1) is 6.04 Å². The molecule has 1 heterocycles. The summed E-state index contributed by atoms with van der Waals surface area (Å²) >= 11 is 2.01. The highest BCUT2D eigenvalue weighted by Gasteiger charge is 2.18. The molecule has 0 bridgehead atoms. The first-order valence-corrected chi connectivity index (χ1v) is 7.73. The smallest absolute Gasteiger partial charge is 0.134 e. The van der Waals surface area contributed by atoms with Gasteiger partial charge in [0.2, 0.25) is 0 Å². The molecule has 0 radical (unpaired) electrons. The Morgan fingerprint density at radius 3 is 2.83 bits per heavy atom. The van der Waals surface area contributed by atoms with Gasteiger partial charge in [0.25, 0.3) is 0 Å². The van der Waals surface area contributed by atoms with Crippen molar-refractivity contribution >= 4 is 22.7 Å². The van der Waals surface area contributed by atoms with Gasteiger partial charge in [-0.2, -0.15) is 11.8 Å². The lowest BCUT2D eigenvalue weighted by Crippen LogP contribution is -2.13. The molecule has 1 aliphatic rings. The Kier molecular flexibility index (Phi) is 3.62. The number of hydrogen-bond donors (Lipinski definition) is 1. The summed E-state index contributed by atoms with van der Waals surface area (Å²) in [5, 5.41) is 1.97. The van der Waals surface area contributed by atoms with Crippen molar-refractivity contribution in [3.05, 3.63) is 36.1 Å². The van der Waals surface area contributed by atoms with Gasteiger partial charge in [-0.3, -0.25) is 0 Å². The van der Waals surface area contributed by atoms with Gasteiger partial charge in [-0.15, -0.1) is 0 Å². The second kappa shape index (κ2) is 5.37. The van der Waals surface area contributed by atoms with Crippen molar-refractivity contribution in [3.8, 4) is 0 Å². The van der Waals surface area contributed by atoms with Gasteiger partial charge in [-0.05, 0) is 25.0 Å². The van der Waals surface area contributed by atoms with Crippen LogP contribution in [0, 0.1) is 0 Å². The lowest BCUT2D eigenvalue weighted by molar-refractivity contribution is 0.516. The molecule has 1 unspecified atom stereocenters. The topological polar surface area (TPSA) is 39.2 Å². The predicted molar refractivity (Wildman–Crippen MR) is 77.9 cm³/mol. The van der Waals surface area contributed by atoms with Crippen molar-refractivity contribution in [1.82, 2.24) is 0 Å². The van der Waals surface area contributed by atoms with Gasteiger partial charge in [0.15, 0.2) is 0 Å². The van der Waals surface area contributed by atoms with Crippen molar-refractivity contribution in [2.24, 2.45) is 5.73 Å². The van der Waals surface area contributed by atoms with E-state index in [1.54, 1.807) is 0 Å². The Morgan fingerprint density at radius 1 is 1.28 bits per heavy atom. The number of benzene rings is 1. The first-order valence-electron chi connectivity index (χ1n) is 6.68. The molecule has 0 amide bonds. The fourth-order valence-electron chi connectivity index (χ4n) is 2.56. The highest BCUT2D eigenvalue weighted by Crippen LogP contribution is 2.32. The van der Waals surface area contributed by atoms with E-state index in [-0.39, 0.29) is 6.04 Å². The van der Waals surface area contributed by atoms with Gasteiger partial charge in [0, 0.05) is 16.4 Å². The van der Waals surface area contributed by atoms with Gasteiger partial charge < -0.3 is 10.2 Å². The van der Waals surface area contributed by atoms with Crippen molar-refractivity contribution in [2.75, 3.05) is 5.75 Å². The number of hydrogen-bond acceptors (Lipinski definition) is 3. The quantitative estimate of drug-likeness (QED) is 0.900. The van der Waals surface area contributed by atoms with Gasteiger partial charge in [-0.1, -0.05) is 31.0 Å². The molecule has 1 aromatic heterocycles. The van der Waals surface area contributed by atoms with E-state index >= 15 is 0 Å². The molecule has 0 spiro atoms. The molecule has 2 aromatic rings. The van der Waals surface area contributed by atoms with Crippen molar-refractivity contribution in [2.45, 2.75) is 37.0 Å². The van der Waals surface area contributed by atoms with Crippen molar-refractivity contribution in [3.63, 3.8) is 0 Å². The number of para-hydroxylation sites is 1. The van der Waals surface area contributed by atoms with Crippen LogP contribution in [0.3, 0.4) is 0 Å². The SMILES string of the molecule is NC(CSC1CCCC1)c1cc2ccccc2o1. The first-order chi connectivity index (χ1) is 8.83. The zero-order valence-electron chi connectivity index (χ0n) is 10.5. The van der Waals surface area contributed by atoms with Crippen LogP contribution in [0.4, 0.5) is 0 Å². The molecular weight excluding hydrogens is 242 g/mol. The standard InChI is InChI=1S/C15H19NOS/c16-13(10-18-12-6-2-3-7-12)15-9-11-5-1-4-8-14(11)17-15/h1,4-5,8-9,12-13H,2-3,6-7,10,16H2. The third-order valence-corrected chi connectivity index (χ3v) is 5.12. The molecule has 1 atom stereocenters. The average Bonchev–Trinajstić information content (AvgIpc) is 3.04. The summed E-state index contributed by atoms with van der Waals surface area (Å²) in [7, 11) is 0. The number of rotatable bonds is 4. The van der Waals surface area contributed by atoms with Gasteiger partial charge >= 0.3 is 0 Å². The Balaban J connectivity index is 1.65. The maximum absolute atomic E-state index is 6.22. The van der Waals surface area contributed by atoms with Crippen LogP contribution < -0.4 is 5.73 Å². The summed E-state index contributed by atoms with van der Waals surface area (Å²) in [6, 6.07) is 10.2. The summed E-state index contributed by atoms with van der Waals surface area (Å²) in [4.78, 5) is 0. The zero-order valence-corrected chi connectivity index (χ0v) is 11.3. The Hall–Kier alpha value is -0.930. The van der Waals surface area contributed by atoms with E-state index in [0.717, 1.165) is 27.7 Å². The Bertz CT molecular complexity index is 483. The molecule has 2 N–H and O–H groups in total. The van der Waals surface area contributed by atoms with Crippen molar-refractivity contribution < 1.29 is 4.42 Å². The molecule has 3 rings (SSSR count). The lowest BCUT2D eigenvalue weighted by atomic mass is 10.2. The minimum atomic E-state index is 0.0167. The second-order valence-electron chi connectivity index (χ2n) is 5.03. The molecule has 1 aliphatic carbocycles. The van der Waals surface area contributed by atoms with E-state index in [1.165, 1.54) is 25.7 Å². The molecule has 96 valence electrons. The molecule has 0 saturated heterocycles. The van der Waals surface area contributed by atoms with Crippen LogP contribution in [-0.4, -0.2) is 11.0 Å². The predicted octanol–water partition coefficient (Wildman–Crippen LogP) is 4.11. The largest absolute Gasteiger partial charge is 0.459 e. The molecule has 1 aromatic carbocycles. The van der Waals surface area contributed by atoms with Crippen LogP contribution in [0.15, 0.2) is 34.7 Å². The van der Waals surface area contributed by atoms with Crippen LogP contribution in [0.25, 0.3) is 11.0 Å².